The largest absolute Gasteiger partial charge is 0.352 e. The molecule has 0 atom stereocenters. The molecule has 3 nitrogen and oxygen atoms in total. The molecule has 1 aromatic carbocycles. The van der Waals surface area contributed by atoms with E-state index in [1.165, 1.54) is 6.92 Å². The summed E-state index contributed by atoms with van der Waals surface area (Å²) in [4.78, 5) is 22.8. The number of hydrogen-bond acceptors (Lipinski definition) is 2. The van der Waals surface area contributed by atoms with E-state index >= 15 is 0 Å². The quantitative estimate of drug-likeness (QED) is 0.606. The number of nitrogens with one attached hydrogen (secondary N) is 1. The number of carbonyl (C=O) groups excluding carboxylic acids is 2. The number of rotatable bonds is 6. The normalized spacial score (nSPS) is 10.0. The first-order valence-corrected chi connectivity index (χ1v) is 6.04. The molecule has 1 aromatic rings. The van der Waals surface area contributed by atoms with Crippen molar-refractivity contribution in [2.75, 3.05) is 6.54 Å². The van der Waals surface area contributed by atoms with Crippen LogP contribution in [0.3, 0.4) is 0 Å². The van der Waals surface area contributed by atoms with Gasteiger partial charge in [-0.25, -0.2) is 0 Å². The Morgan fingerprint density at radius 2 is 1.65 bits per heavy atom. The molecule has 1 N–H and O–H groups in total. The summed E-state index contributed by atoms with van der Waals surface area (Å²) in [5, 5.41) is 2.86. The fourth-order valence-electron chi connectivity index (χ4n) is 1.54. The topological polar surface area (TPSA) is 46.2 Å². The van der Waals surface area contributed by atoms with Crippen LogP contribution in [0.2, 0.25) is 0 Å². The van der Waals surface area contributed by atoms with Crippen LogP contribution in [0.25, 0.3) is 0 Å². The first kappa shape index (κ1) is 13.4. The average Bonchev–Trinajstić information content (AvgIpc) is 2.34. The van der Waals surface area contributed by atoms with Gasteiger partial charge >= 0.3 is 0 Å². The molecule has 17 heavy (non-hydrogen) atoms. The molecule has 0 aromatic heterocycles. The summed E-state index contributed by atoms with van der Waals surface area (Å²) in [6.45, 7) is 4.35. The van der Waals surface area contributed by atoms with Crippen LogP contribution in [0.5, 0.6) is 0 Å². The van der Waals surface area contributed by atoms with E-state index in [-0.39, 0.29) is 11.7 Å². The molecule has 0 saturated heterocycles. The van der Waals surface area contributed by atoms with Gasteiger partial charge in [0.2, 0.25) is 0 Å². The van der Waals surface area contributed by atoms with Crippen LogP contribution >= 0.6 is 0 Å². The van der Waals surface area contributed by atoms with E-state index in [0.29, 0.717) is 17.7 Å². The predicted molar refractivity (Wildman–Crippen MR) is 68.3 cm³/mol. The van der Waals surface area contributed by atoms with E-state index in [1.54, 1.807) is 24.3 Å². The van der Waals surface area contributed by atoms with E-state index in [9.17, 15) is 9.59 Å². The SMILES string of the molecule is CCCCCNC(=O)c1ccc(C(C)=O)cc1. The summed E-state index contributed by atoms with van der Waals surface area (Å²) in [5.41, 5.74) is 1.24. The van der Waals surface area contributed by atoms with Gasteiger partial charge in [-0.2, -0.15) is 0 Å². The third-order valence-corrected chi connectivity index (χ3v) is 2.62. The fraction of sp³-hybridized carbons (Fsp3) is 0.429. The lowest BCUT2D eigenvalue weighted by molar-refractivity contribution is 0.0950. The van der Waals surface area contributed by atoms with Crippen LogP contribution in [0, 0.1) is 0 Å². The van der Waals surface area contributed by atoms with Gasteiger partial charge in [0.05, 0.1) is 0 Å². The highest BCUT2D eigenvalue weighted by atomic mass is 16.1. The highest BCUT2D eigenvalue weighted by Gasteiger charge is 2.05. The Morgan fingerprint density at radius 1 is 1.06 bits per heavy atom. The van der Waals surface area contributed by atoms with Crippen LogP contribution in [0.1, 0.15) is 53.8 Å². The van der Waals surface area contributed by atoms with Crippen LogP contribution in [0.4, 0.5) is 0 Å². The summed E-state index contributed by atoms with van der Waals surface area (Å²) in [5.74, 6) is -0.0592. The van der Waals surface area contributed by atoms with Crippen molar-refractivity contribution in [2.24, 2.45) is 0 Å². The van der Waals surface area contributed by atoms with Crippen LogP contribution in [0.15, 0.2) is 24.3 Å². The lowest BCUT2D eigenvalue weighted by Crippen LogP contribution is -2.24. The van der Waals surface area contributed by atoms with E-state index in [4.69, 9.17) is 0 Å². The Bertz CT molecular complexity index is 382. The van der Waals surface area contributed by atoms with E-state index < -0.39 is 0 Å². The third-order valence-electron chi connectivity index (χ3n) is 2.62. The van der Waals surface area contributed by atoms with E-state index in [2.05, 4.69) is 12.2 Å². The summed E-state index contributed by atoms with van der Waals surface area (Å²) < 4.78 is 0. The Labute approximate surface area is 102 Å². The molecule has 1 amide bonds. The van der Waals surface area contributed by atoms with Crippen LogP contribution in [-0.2, 0) is 0 Å². The molecule has 0 aliphatic carbocycles. The monoisotopic (exact) mass is 233 g/mol. The van der Waals surface area contributed by atoms with Gasteiger partial charge in [0.25, 0.3) is 5.91 Å². The maximum absolute atomic E-state index is 11.7. The van der Waals surface area contributed by atoms with Crippen molar-refractivity contribution in [3.8, 4) is 0 Å². The van der Waals surface area contributed by atoms with Gasteiger partial charge in [-0.1, -0.05) is 31.9 Å². The Balaban J connectivity index is 2.49. The second-order valence-electron chi connectivity index (χ2n) is 4.10. The maximum Gasteiger partial charge on any atom is 0.251 e. The number of benzene rings is 1. The van der Waals surface area contributed by atoms with Gasteiger partial charge in [-0.15, -0.1) is 0 Å². The Morgan fingerprint density at radius 3 is 2.18 bits per heavy atom. The molecule has 0 saturated carbocycles. The number of ketones is 1. The summed E-state index contributed by atoms with van der Waals surface area (Å²) in [7, 11) is 0. The number of Topliss-reactive ketones (excluding diaryl/α,β-unsaturated/α-hetero) is 1. The summed E-state index contributed by atoms with van der Waals surface area (Å²) in [6, 6.07) is 6.74. The molecule has 0 radical (unpaired) electrons. The molecular formula is C14H19NO2. The second kappa shape index (κ2) is 6.84. The molecule has 92 valence electrons. The molecule has 0 unspecified atom stereocenters. The molecular weight excluding hydrogens is 214 g/mol. The van der Waals surface area contributed by atoms with Crippen LogP contribution in [-0.4, -0.2) is 18.2 Å². The fourth-order valence-corrected chi connectivity index (χ4v) is 1.54. The van der Waals surface area contributed by atoms with Crippen molar-refractivity contribution >= 4 is 11.7 Å². The van der Waals surface area contributed by atoms with E-state index in [1.807, 2.05) is 0 Å². The lowest BCUT2D eigenvalue weighted by Gasteiger charge is -2.05. The molecule has 0 fully saturated rings. The first-order valence-electron chi connectivity index (χ1n) is 6.04. The average molecular weight is 233 g/mol. The third kappa shape index (κ3) is 4.39. The number of unbranched alkanes of at least 4 members (excludes halogenated alkanes) is 2. The molecule has 0 aliphatic heterocycles. The van der Waals surface area contributed by atoms with Crippen molar-refractivity contribution in [3.05, 3.63) is 35.4 Å². The Kier molecular flexibility index (Phi) is 5.40. The number of hydrogen-bond donors (Lipinski definition) is 1. The molecule has 1 rings (SSSR count). The zero-order valence-corrected chi connectivity index (χ0v) is 10.5. The van der Waals surface area contributed by atoms with Crippen molar-refractivity contribution in [1.82, 2.24) is 5.32 Å². The minimum Gasteiger partial charge on any atom is -0.352 e. The molecule has 0 heterocycles. The van der Waals surface area contributed by atoms with Gasteiger partial charge in [0.1, 0.15) is 0 Å². The van der Waals surface area contributed by atoms with Crippen molar-refractivity contribution < 1.29 is 9.59 Å². The van der Waals surface area contributed by atoms with Gasteiger partial charge < -0.3 is 5.32 Å². The van der Waals surface area contributed by atoms with Crippen molar-refractivity contribution in [2.45, 2.75) is 33.1 Å². The van der Waals surface area contributed by atoms with E-state index in [0.717, 1.165) is 19.3 Å². The number of carbonyl (C=O) groups is 2. The van der Waals surface area contributed by atoms with Crippen molar-refractivity contribution in [3.63, 3.8) is 0 Å². The highest BCUT2D eigenvalue weighted by molar-refractivity contribution is 5.97. The Hall–Kier alpha value is -1.64. The van der Waals surface area contributed by atoms with Gasteiger partial charge in [-0.05, 0) is 25.5 Å². The zero-order valence-electron chi connectivity index (χ0n) is 10.5. The molecule has 0 bridgehead atoms. The standard InChI is InChI=1S/C14H19NO2/c1-3-4-5-10-15-14(17)13-8-6-12(7-9-13)11(2)16/h6-9H,3-5,10H2,1-2H3,(H,15,17). The second-order valence-corrected chi connectivity index (χ2v) is 4.10. The van der Waals surface area contributed by atoms with Crippen molar-refractivity contribution in [1.29, 1.82) is 0 Å². The predicted octanol–water partition coefficient (Wildman–Crippen LogP) is 2.81. The highest BCUT2D eigenvalue weighted by Crippen LogP contribution is 2.05. The van der Waals surface area contributed by atoms with Crippen LogP contribution < -0.4 is 5.32 Å². The first-order chi connectivity index (χ1) is 8.15. The van der Waals surface area contributed by atoms with Gasteiger partial charge in [0, 0.05) is 17.7 Å². The zero-order chi connectivity index (χ0) is 12.7. The number of amides is 1. The minimum absolute atomic E-state index is 0.0138. The maximum atomic E-state index is 11.7. The molecule has 0 spiro atoms. The lowest BCUT2D eigenvalue weighted by atomic mass is 10.1. The summed E-state index contributed by atoms with van der Waals surface area (Å²) in [6.07, 6.45) is 3.28. The van der Waals surface area contributed by atoms with Gasteiger partial charge in [-0.3, -0.25) is 9.59 Å². The smallest absolute Gasteiger partial charge is 0.251 e. The van der Waals surface area contributed by atoms with Gasteiger partial charge in [0.15, 0.2) is 5.78 Å². The summed E-state index contributed by atoms with van der Waals surface area (Å²) >= 11 is 0. The molecule has 0 aliphatic rings. The minimum atomic E-state index is -0.0730. The molecule has 3 heteroatoms.